The average Bonchev–Trinajstić information content (AvgIpc) is 3.08. The molecule has 0 saturated carbocycles. The van der Waals surface area contributed by atoms with Crippen molar-refractivity contribution in [2.24, 2.45) is 0 Å². The summed E-state index contributed by atoms with van der Waals surface area (Å²) in [5.74, 6) is 1.13. The van der Waals surface area contributed by atoms with Crippen LogP contribution in [0.3, 0.4) is 0 Å². The van der Waals surface area contributed by atoms with Crippen LogP contribution in [0.2, 0.25) is 0 Å². The Morgan fingerprint density at radius 2 is 1.70 bits per heavy atom. The highest BCUT2D eigenvalue weighted by Crippen LogP contribution is 2.30. The molecule has 23 heavy (non-hydrogen) atoms. The van der Waals surface area contributed by atoms with Gasteiger partial charge < -0.3 is 14.2 Å². The number of rotatable bonds is 8. The summed E-state index contributed by atoms with van der Waals surface area (Å²) in [6.07, 6.45) is 3.50. The molecule has 1 saturated heterocycles. The normalized spacial score (nSPS) is 15.8. The van der Waals surface area contributed by atoms with E-state index < -0.39 is 0 Å². The lowest BCUT2D eigenvalue weighted by atomic mass is 10.0. The minimum atomic E-state index is 0. The van der Waals surface area contributed by atoms with E-state index in [9.17, 15) is 4.79 Å². The van der Waals surface area contributed by atoms with E-state index in [1.807, 2.05) is 6.07 Å². The molecular formula is C17H26ClNO4. The Kier molecular flexibility index (Phi) is 8.37. The van der Waals surface area contributed by atoms with Gasteiger partial charge in [-0.25, -0.2) is 0 Å². The zero-order chi connectivity index (χ0) is 15.9. The van der Waals surface area contributed by atoms with Gasteiger partial charge in [-0.1, -0.05) is 6.07 Å². The van der Waals surface area contributed by atoms with Gasteiger partial charge in [0, 0.05) is 26.6 Å². The lowest BCUT2D eigenvalue weighted by Gasteiger charge is -2.25. The number of benzene rings is 1. The van der Waals surface area contributed by atoms with Crippen molar-refractivity contribution in [3.63, 3.8) is 0 Å². The number of ketones is 1. The molecule has 0 N–H and O–H groups in total. The maximum absolute atomic E-state index is 12.6. The van der Waals surface area contributed by atoms with Gasteiger partial charge in [0.25, 0.3) is 0 Å². The predicted octanol–water partition coefficient (Wildman–Crippen LogP) is 3.16. The van der Waals surface area contributed by atoms with Crippen molar-refractivity contribution in [2.45, 2.75) is 31.9 Å². The molecule has 1 aromatic rings. The van der Waals surface area contributed by atoms with Crippen LogP contribution in [0, 0.1) is 0 Å². The van der Waals surface area contributed by atoms with Gasteiger partial charge in [-0.05, 0) is 31.4 Å². The van der Waals surface area contributed by atoms with Gasteiger partial charge in [0.2, 0.25) is 0 Å². The standard InChI is InChI=1S/C17H25NO4.ClH/c1-20-14-7-6-8-15(21-2)17(14)13(19)9-10-16(22-3)18-11-4-5-12-18;/h6-8,16H,4-5,9-12H2,1-3H3;1H. The third kappa shape index (κ3) is 4.83. The second-order valence-corrected chi connectivity index (χ2v) is 5.43. The Morgan fingerprint density at radius 3 is 2.17 bits per heavy atom. The molecule has 5 nitrogen and oxygen atoms in total. The van der Waals surface area contributed by atoms with Gasteiger partial charge in [0.15, 0.2) is 5.78 Å². The Labute approximate surface area is 144 Å². The van der Waals surface area contributed by atoms with E-state index in [2.05, 4.69) is 4.90 Å². The highest BCUT2D eigenvalue weighted by atomic mass is 35.5. The van der Waals surface area contributed by atoms with E-state index in [-0.39, 0.29) is 24.4 Å². The van der Waals surface area contributed by atoms with E-state index in [4.69, 9.17) is 14.2 Å². The van der Waals surface area contributed by atoms with Gasteiger partial charge >= 0.3 is 0 Å². The van der Waals surface area contributed by atoms with Gasteiger partial charge in [-0.3, -0.25) is 9.69 Å². The molecule has 6 heteroatoms. The fourth-order valence-electron chi connectivity index (χ4n) is 2.98. The van der Waals surface area contributed by atoms with Crippen LogP contribution in [0.15, 0.2) is 18.2 Å². The maximum atomic E-state index is 12.6. The summed E-state index contributed by atoms with van der Waals surface area (Å²) in [5, 5.41) is 0. The van der Waals surface area contributed by atoms with Gasteiger partial charge in [-0.2, -0.15) is 0 Å². The number of methoxy groups -OCH3 is 3. The lowest BCUT2D eigenvalue weighted by Crippen LogP contribution is -2.34. The highest BCUT2D eigenvalue weighted by Gasteiger charge is 2.24. The molecule has 0 bridgehead atoms. The number of halogens is 1. The molecule has 0 spiro atoms. The Hall–Kier alpha value is -1.30. The highest BCUT2D eigenvalue weighted by molar-refractivity contribution is 6.01. The first-order valence-corrected chi connectivity index (χ1v) is 7.72. The van der Waals surface area contributed by atoms with E-state index in [1.165, 1.54) is 12.8 Å². The molecule has 0 aromatic heterocycles. The molecule has 0 aliphatic carbocycles. The Bertz CT molecular complexity index is 481. The summed E-state index contributed by atoms with van der Waals surface area (Å²) in [5.41, 5.74) is 0.517. The van der Waals surface area contributed by atoms with E-state index in [1.54, 1.807) is 33.5 Å². The Balaban J connectivity index is 0.00000264. The second-order valence-electron chi connectivity index (χ2n) is 5.43. The van der Waals surface area contributed by atoms with Gasteiger partial charge in [0.05, 0.1) is 14.2 Å². The first-order chi connectivity index (χ1) is 10.7. The van der Waals surface area contributed by atoms with Crippen LogP contribution in [0.1, 0.15) is 36.0 Å². The third-order valence-electron chi connectivity index (χ3n) is 4.15. The number of hydrogen-bond acceptors (Lipinski definition) is 5. The van der Waals surface area contributed by atoms with E-state index in [0.29, 0.717) is 29.9 Å². The zero-order valence-corrected chi connectivity index (χ0v) is 14.9. The van der Waals surface area contributed by atoms with Crippen LogP contribution in [-0.2, 0) is 4.74 Å². The van der Waals surface area contributed by atoms with E-state index >= 15 is 0 Å². The minimum Gasteiger partial charge on any atom is -0.496 e. The SMILES string of the molecule is COc1cccc(OC)c1C(=O)CCC(OC)N1CCCC1.Cl. The molecular weight excluding hydrogens is 318 g/mol. The molecule has 130 valence electrons. The van der Waals surface area contributed by atoms with Crippen molar-refractivity contribution < 1.29 is 19.0 Å². The number of carbonyl (C=O) groups is 1. The number of hydrogen-bond donors (Lipinski definition) is 0. The third-order valence-corrected chi connectivity index (χ3v) is 4.15. The summed E-state index contributed by atoms with van der Waals surface area (Å²) in [7, 11) is 4.83. The van der Waals surface area contributed by atoms with Crippen molar-refractivity contribution in [1.82, 2.24) is 4.90 Å². The molecule has 2 rings (SSSR count). The van der Waals surface area contributed by atoms with Crippen LogP contribution in [0.5, 0.6) is 11.5 Å². The van der Waals surface area contributed by atoms with Crippen LogP contribution >= 0.6 is 12.4 Å². The van der Waals surface area contributed by atoms with Crippen molar-refractivity contribution in [2.75, 3.05) is 34.4 Å². The van der Waals surface area contributed by atoms with Crippen LogP contribution in [0.25, 0.3) is 0 Å². The number of carbonyl (C=O) groups excluding carboxylic acids is 1. The van der Waals surface area contributed by atoms with Crippen molar-refractivity contribution in [1.29, 1.82) is 0 Å². The number of Topliss-reactive ketones (excluding diaryl/α,β-unsaturated/α-hetero) is 1. The number of likely N-dealkylation sites (tertiary alicyclic amines) is 1. The van der Waals surface area contributed by atoms with Crippen LogP contribution in [0.4, 0.5) is 0 Å². The molecule has 0 amide bonds. The molecule has 0 radical (unpaired) electrons. The largest absolute Gasteiger partial charge is 0.496 e. The van der Waals surface area contributed by atoms with Crippen molar-refractivity contribution >= 4 is 18.2 Å². The number of nitrogens with zero attached hydrogens (tertiary/aromatic N) is 1. The smallest absolute Gasteiger partial charge is 0.170 e. The fourth-order valence-corrected chi connectivity index (χ4v) is 2.98. The minimum absolute atomic E-state index is 0. The number of ether oxygens (including phenoxy) is 3. The Morgan fingerprint density at radius 1 is 1.13 bits per heavy atom. The van der Waals surface area contributed by atoms with Gasteiger partial charge in [0.1, 0.15) is 23.3 Å². The fraction of sp³-hybridized carbons (Fsp3) is 0.588. The quantitative estimate of drug-likeness (QED) is 0.678. The molecule has 1 aliphatic heterocycles. The summed E-state index contributed by atoms with van der Waals surface area (Å²) in [4.78, 5) is 14.9. The lowest BCUT2D eigenvalue weighted by molar-refractivity contribution is -0.0248. The summed E-state index contributed by atoms with van der Waals surface area (Å²) in [6.45, 7) is 2.09. The maximum Gasteiger partial charge on any atom is 0.170 e. The molecule has 1 aromatic carbocycles. The van der Waals surface area contributed by atoms with E-state index in [0.717, 1.165) is 13.1 Å². The molecule has 1 heterocycles. The summed E-state index contributed by atoms with van der Waals surface area (Å²) in [6, 6.07) is 5.38. The predicted molar refractivity (Wildman–Crippen MR) is 92.0 cm³/mol. The molecule has 1 fully saturated rings. The van der Waals surface area contributed by atoms with Crippen molar-refractivity contribution in [3.05, 3.63) is 23.8 Å². The average molecular weight is 344 g/mol. The summed E-state index contributed by atoms with van der Waals surface area (Å²) >= 11 is 0. The summed E-state index contributed by atoms with van der Waals surface area (Å²) < 4.78 is 16.1. The van der Waals surface area contributed by atoms with Crippen LogP contribution < -0.4 is 9.47 Å². The van der Waals surface area contributed by atoms with Crippen molar-refractivity contribution in [3.8, 4) is 11.5 Å². The molecule has 1 aliphatic rings. The van der Waals surface area contributed by atoms with Gasteiger partial charge in [-0.15, -0.1) is 12.4 Å². The molecule has 1 atom stereocenters. The topological polar surface area (TPSA) is 48.0 Å². The molecule has 1 unspecified atom stereocenters. The zero-order valence-electron chi connectivity index (χ0n) is 14.0. The van der Waals surface area contributed by atoms with Crippen LogP contribution in [-0.4, -0.2) is 51.3 Å². The first kappa shape index (κ1) is 19.7. The first-order valence-electron chi connectivity index (χ1n) is 7.72. The monoisotopic (exact) mass is 343 g/mol. The second kappa shape index (κ2) is 9.75.